The van der Waals surface area contributed by atoms with E-state index in [4.69, 9.17) is 0 Å². The lowest BCUT2D eigenvalue weighted by molar-refractivity contribution is 1.17. The molecule has 2 nitrogen and oxygen atoms in total. The van der Waals surface area contributed by atoms with Crippen molar-refractivity contribution in [2.24, 2.45) is 0 Å². The average molecular weight is 164 g/mol. The van der Waals surface area contributed by atoms with E-state index in [2.05, 4.69) is 34.4 Å². The smallest absolute Gasteiger partial charge is 0.131 e. The van der Waals surface area contributed by atoms with Gasteiger partial charge in [-0.2, -0.15) is 12.6 Å². The lowest BCUT2D eigenvalue weighted by atomic mass is 10.4. The van der Waals surface area contributed by atoms with E-state index in [1.807, 2.05) is 0 Å². The fourth-order valence-corrected chi connectivity index (χ4v) is 0.684. The second-order valence-corrected chi connectivity index (χ2v) is 2.31. The Morgan fingerprint density at radius 3 is 3.00 bits per heavy atom. The van der Waals surface area contributed by atoms with Crippen molar-refractivity contribution in [3.05, 3.63) is 24.3 Å². The summed E-state index contributed by atoms with van der Waals surface area (Å²) in [5.74, 6) is 6.58. The molecule has 1 aromatic heterocycles. The van der Waals surface area contributed by atoms with Crippen LogP contribution in [0.4, 0.5) is 0 Å². The monoisotopic (exact) mass is 164 g/mol. The van der Waals surface area contributed by atoms with Gasteiger partial charge in [-0.15, -0.1) is 0 Å². The summed E-state index contributed by atoms with van der Waals surface area (Å²) in [6, 6.07) is 0. The predicted octanol–water partition coefficient (Wildman–Crippen LogP) is 1.15. The molecule has 1 rings (SSSR count). The number of nitrogens with zero attached hydrogens (tertiary/aromatic N) is 2. The third kappa shape index (κ3) is 3.06. The molecule has 0 fully saturated rings. The van der Waals surface area contributed by atoms with Crippen LogP contribution in [0.3, 0.4) is 0 Å². The topological polar surface area (TPSA) is 25.8 Å². The van der Waals surface area contributed by atoms with E-state index in [1.54, 1.807) is 18.6 Å². The minimum atomic E-state index is 0.717. The summed E-state index contributed by atoms with van der Waals surface area (Å²) in [6.45, 7) is 0. The van der Waals surface area contributed by atoms with Crippen molar-refractivity contribution >= 4 is 12.6 Å². The van der Waals surface area contributed by atoms with Gasteiger partial charge in [-0.3, -0.25) is 4.98 Å². The van der Waals surface area contributed by atoms with Gasteiger partial charge in [0.15, 0.2) is 0 Å². The van der Waals surface area contributed by atoms with Gasteiger partial charge in [0.05, 0.1) is 6.20 Å². The van der Waals surface area contributed by atoms with Crippen LogP contribution in [0, 0.1) is 11.8 Å². The van der Waals surface area contributed by atoms with Gasteiger partial charge >= 0.3 is 0 Å². The Morgan fingerprint density at radius 2 is 2.36 bits per heavy atom. The van der Waals surface area contributed by atoms with Crippen molar-refractivity contribution in [3.8, 4) is 11.8 Å². The molecule has 0 spiro atoms. The van der Waals surface area contributed by atoms with E-state index in [0.717, 1.165) is 12.2 Å². The molecule has 11 heavy (non-hydrogen) atoms. The fourth-order valence-electron chi connectivity index (χ4n) is 0.573. The Kier molecular flexibility index (Phi) is 3.49. The summed E-state index contributed by atoms with van der Waals surface area (Å²) < 4.78 is 0. The molecule has 0 saturated carbocycles. The van der Waals surface area contributed by atoms with E-state index >= 15 is 0 Å². The van der Waals surface area contributed by atoms with Crippen LogP contribution in [0.1, 0.15) is 12.1 Å². The highest BCUT2D eigenvalue weighted by molar-refractivity contribution is 7.80. The molecular weight excluding hydrogens is 156 g/mol. The third-order valence-corrected chi connectivity index (χ3v) is 1.24. The third-order valence-electron chi connectivity index (χ3n) is 1.02. The molecule has 0 aliphatic carbocycles. The minimum absolute atomic E-state index is 0.717. The van der Waals surface area contributed by atoms with Gasteiger partial charge in [0.1, 0.15) is 5.69 Å². The molecule has 0 bridgehead atoms. The van der Waals surface area contributed by atoms with Crippen LogP contribution in [-0.2, 0) is 0 Å². The molecule has 1 heterocycles. The van der Waals surface area contributed by atoms with Crippen molar-refractivity contribution in [2.45, 2.75) is 6.42 Å². The minimum Gasteiger partial charge on any atom is -0.260 e. The van der Waals surface area contributed by atoms with E-state index in [-0.39, 0.29) is 0 Å². The lowest BCUT2D eigenvalue weighted by Crippen LogP contribution is -1.81. The summed E-state index contributed by atoms with van der Waals surface area (Å²) in [4.78, 5) is 7.87. The zero-order valence-electron chi connectivity index (χ0n) is 5.99. The van der Waals surface area contributed by atoms with Crippen LogP contribution in [-0.4, -0.2) is 15.7 Å². The molecule has 0 aromatic carbocycles. The normalized spacial score (nSPS) is 8.45. The van der Waals surface area contributed by atoms with Crippen LogP contribution >= 0.6 is 12.6 Å². The standard InChI is InChI=1S/C8H8N2S/c11-6-2-1-3-8-7-9-4-5-10-8/h4-5,7,11H,2,6H2. The number of rotatable bonds is 1. The van der Waals surface area contributed by atoms with E-state index in [0.29, 0.717) is 5.69 Å². The Hall–Kier alpha value is -1.01. The zero-order valence-corrected chi connectivity index (χ0v) is 6.88. The van der Waals surface area contributed by atoms with Crippen LogP contribution in [0.25, 0.3) is 0 Å². The van der Waals surface area contributed by atoms with Gasteiger partial charge in [0.2, 0.25) is 0 Å². The van der Waals surface area contributed by atoms with Gasteiger partial charge in [0, 0.05) is 24.6 Å². The van der Waals surface area contributed by atoms with Crippen molar-refractivity contribution in [2.75, 3.05) is 5.75 Å². The maximum absolute atomic E-state index is 4.03. The zero-order chi connectivity index (χ0) is 7.94. The number of hydrogen-bond acceptors (Lipinski definition) is 3. The molecule has 0 atom stereocenters. The first-order valence-corrected chi connectivity index (χ1v) is 3.92. The van der Waals surface area contributed by atoms with Crippen molar-refractivity contribution in [1.29, 1.82) is 0 Å². The lowest BCUT2D eigenvalue weighted by Gasteiger charge is -1.84. The molecule has 0 amide bonds. The first-order valence-electron chi connectivity index (χ1n) is 3.29. The molecule has 0 aliphatic heterocycles. The number of hydrogen-bond donors (Lipinski definition) is 1. The highest BCUT2D eigenvalue weighted by atomic mass is 32.1. The molecule has 0 unspecified atom stereocenters. The molecular formula is C8H8N2S. The van der Waals surface area contributed by atoms with Crippen molar-refractivity contribution in [3.63, 3.8) is 0 Å². The molecule has 0 N–H and O–H groups in total. The maximum atomic E-state index is 4.03. The van der Waals surface area contributed by atoms with Crippen LogP contribution in [0.2, 0.25) is 0 Å². The Labute approximate surface area is 71.5 Å². The van der Waals surface area contributed by atoms with Gasteiger partial charge < -0.3 is 0 Å². The Morgan fingerprint density at radius 1 is 1.45 bits per heavy atom. The van der Waals surface area contributed by atoms with Crippen molar-refractivity contribution in [1.82, 2.24) is 9.97 Å². The van der Waals surface area contributed by atoms with E-state index in [1.165, 1.54) is 0 Å². The molecule has 0 saturated heterocycles. The maximum Gasteiger partial charge on any atom is 0.131 e. The fraction of sp³-hybridized carbons (Fsp3) is 0.250. The average Bonchev–Trinajstić information content (AvgIpc) is 2.07. The molecule has 0 radical (unpaired) electrons. The van der Waals surface area contributed by atoms with Crippen LogP contribution in [0.5, 0.6) is 0 Å². The first-order chi connectivity index (χ1) is 5.43. The summed E-state index contributed by atoms with van der Waals surface area (Å²) in [7, 11) is 0. The van der Waals surface area contributed by atoms with Gasteiger partial charge in [-0.1, -0.05) is 5.92 Å². The Bertz CT molecular complexity index is 260. The number of thiol groups is 1. The highest BCUT2D eigenvalue weighted by Gasteiger charge is 1.82. The summed E-state index contributed by atoms with van der Waals surface area (Å²) in [6.07, 6.45) is 5.69. The highest BCUT2D eigenvalue weighted by Crippen LogP contribution is 1.86. The van der Waals surface area contributed by atoms with Gasteiger partial charge in [0.25, 0.3) is 0 Å². The largest absolute Gasteiger partial charge is 0.260 e. The molecule has 3 heteroatoms. The first kappa shape index (κ1) is 8.09. The van der Waals surface area contributed by atoms with Crippen molar-refractivity contribution < 1.29 is 0 Å². The summed E-state index contributed by atoms with van der Waals surface area (Å²) in [5.41, 5.74) is 0.717. The molecule has 1 aromatic rings. The SMILES string of the molecule is SCCC#Cc1cnccn1. The predicted molar refractivity (Wildman–Crippen MR) is 47.4 cm³/mol. The van der Waals surface area contributed by atoms with Gasteiger partial charge in [-0.05, 0) is 5.92 Å². The molecule has 0 aliphatic rings. The quantitative estimate of drug-likeness (QED) is 0.497. The van der Waals surface area contributed by atoms with E-state index in [9.17, 15) is 0 Å². The Balaban J connectivity index is 2.59. The summed E-state index contributed by atoms with van der Waals surface area (Å²) >= 11 is 4.03. The number of aromatic nitrogens is 2. The summed E-state index contributed by atoms with van der Waals surface area (Å²) in [5, 5.41) is 0. The van der Waals surface area contributed by atoms with E-state index < -0.39 is 0 Å². The second-order valence-electron chi connectivity index (χ2n) is 1.87. The molecule has 56 valence electrons. The van der Waals surface area contributed by atoms with Crippen LogP contribution < -0.4 is 0 Å². The van der Waals surface area contributed by atoms with Gasteiger partial charge in [-0.25, -0.2) is 4.98 Å². The second kappa shape index (κ2) is 4.75. The van der Waals surface area contributed by atoms with Crippen LogP contribution in [0.15, 0.2) is 18.6 Å².